The van der Waals surface area contributed by atoms with Gasteiger partial charge in [-0.05, 0) is 26.7 Å². The van der Waals surface area contributed by atoms with Gasteiger partial charge in [-0.2, -0.15) is 0 Å². The highest BCUT2D eigenvalue weighted by Gasteiger charge is 2.14. The van der Waals surface area contributed by atoms with E-state index in [1.807, 2.05) is 13.8 Å². The zero-order valence-corrected chi connectivity index (χ0v) is 14.0. The fourth-order valence-electron chi connectivity index (χ4n) is 2.20. The smallest absolute Gasteiger partial charge is 0.189 e. The molecule has 0 amide bonds. The van der Waals surface area contributed by atoms with Crippen LogP contribution in [0, 0.1) is 13.8 Å². The maximum absolute atomic E-state index is 5.88. The molecule has 2 rings (SSSR count). The molecule has 1 fully saturated rings. The van der Waals surface area contributed by atoms with E-state index in [0.717, 1.165) is 10.7 Å². The van der Waals surface area contributed by atoms with Crippen molar-refractivity contribution in [2.24, 2.45) is 10.7 Å². The van der Waals surface area contributed by atoms with E-state index in [0.29, 0.717) is 18.5 Å². The lowest BCUT2D eigenvalue weighted by molar-refractivity contribution is 0.625. The first-order chi connectivity index (χ1) is 8.15. The number of rotatable bonds is 3. The van der Waals surface area contributed by atoms with Gasteiger partial charge in [0.2, 0.25) is 0 Å². The topological polar surface area (TPSA) is 63.3 Å². The highest BCUT2D eigenvalue weighted by molar-refractivity contribution is 14.0. The molecule has 3 N–H and O–H groups in total. The number of aromatic nitrogens is 1. The Balaban J connectivity index is 0.00000162. The summed E-state index contributed by atoms with van der Waals surface area (Å²) in [6.45, 7) is 4.68. The van der Waals surface area contributed by atoms with Crippen molar-refractivity contribution in [3.05, 3.63) is 15.6 Å². The third-order valence-corrected chi connectivity index (χ3v) is 4.16. The highest BCUT2D eigenvalue weighted by Crippen LogP contribution is 2.19. The summed E-state index contributed by atoms with van der Waals surface area (Å²) in [5.41, 5.74) is 6.96. The molecule has 1 saturated carbocycles. The first kappa shape index (κ1) is 15.7. The summed E-state index contributed by atoms with van der Waals surface area (Å²) in [6, 6.07) is 0.531. The van der Waals surface area contributed by atoms with Gasteiger partial charge >= 0.3 is 0 Å². The molecule has 6 heteroatoms. The molecule has 1 aromatic heterocycles. The van der Waals surface area contributed by atoms with Crippen LogP contribution in [-0.2, 0) is 6.54 Å². The van der Waals surface area contributed by atoms with Crippen molar-refractivity contribution >= 4 is 41.3 Å². The van der Waals surface area contributed by atoms with E-state index in [1.165, 1.54) is 30.6 Å². The molecule has 0 atom stereocenters. The second kappa shape index (κ2) is 7.28. The molecule has 1 aromatic rings. The van der Waals surface area contributed by atoms with Crippen LogP contribution in [0.2, 0.25) is 0 Å². The largest absolute Gasteiger partial charge is 0.370 e. The zero-order chi connectivity index (χ0) is 12.3. The number of hydrogen-bond donors (Lipinski definition) is 2. The van der Waals surface area contributed by atoms with Gasteiger partial charge in [0.05, 0.1) is 17.2 Å². The summed E-state index contributed by atoms with van der Waals surface area (Å²) in [6.07, 6.45) is 5.04. The molecule has 0 bridgehead atoms. The number of thiazole rings is 1. The van der Waals surface area contributed by atoms with Gasteiger partial charge in [-0.3, -0.25) is 0 Å². The lowest BCUT2D eigenvalue weighted by Gasteiger charge is -2.11. The molecule has 0 radical (unpaired) electrons. The quantitative estimate of drug-likeness (QED) is 0.482. The Hall–Kier alpha value is -0.370. The summed E-state index contributed by atoms with van der Waals surface area (Å²) < 4.78 is 0. The van der Waals surface area contributed by atoms with Gasteiger partial charge in [-0.25, -0.2) is 9.98 Å². The Bertz CT molecular complexity index is 410. The number of nitrogens with zero attached hydrogens (tertiary/aromatic N) is 2. The van der Waals surface area contributed by atoms with Crippen LogP contribution in [0.25, 0.3) is 0 Å². The van der Waals surface area contributed by atoms with E-state index >= 15 is 0 Å². The van der Waals surface area contributed by atoms with Crippen LogP contribution in [0.3, 0.4) is 0 Å². The molecule has 1 aliphatic rings. The first-order valence-electron chi connectivity index (χ1n) is 6.14. The Morgan fingerprint density at radius 3 is 2.67 bits per heavy atom. The number of nitrogens with one attached hydrogen (secondary N) is 1. The number of halogens is 1. The molecule has 1 heterocycles. The third-order valence-electron chi connectivity index (χ3n) is 3.10. The van der Waals surface area contributed by atoms with Gasteiger partial charge in [0, 0.05) is 10.9 Å². The van der Waals surface area contributed by atoms with E-state index in [1.54, 1.807) is 11.3 Å². The molecule has 0 aromatic carbocycles. The monoisotopic (exact) mass is 380 g/mol. The van der Waals surface area contributed by atoms with Crippen molar-refractivity contribution < 1.29 is 0 Å². The van der Waals surface area contributed by atoms with Crippen LogP contribution in [-0.4, -0.2) is 17.0 Å². The van der Waals surface area contributed by atoms with Gasteiger partial charge in [0.25, 0.3) is 0 Å². The Kier molecular flexibility index (Phi) is 6.34. The average molecular weight is 380 g/mol. The van der Waals surface area contributed by atoms with Crippen LogP contribution >= 0.6 is 35.3 Å². The predicted octanol–water partition coefficient (Wildman–Crippen LogP) is 2.72. The van der Waals surface area contributed by atoms with Crippen LogP contribution in [0.5, 0.6) is 0 Å². The van der Waals surface area contributed by atoms with Crippen molar-refractivity contribution in [3.8, 4) is 0 Å². The maximum atomic E-state index is 5.88. The molecule has 102 valence electrons. The number of nitrogens with two attached hydrogens (primary N) is 1. The van der Waals surface area contributed by atoms with E-state index < -0.39 is 0 Å². The first-order valence-corrected chi connectivity index (χ1v) is 6.96. The number of aliphatic imine (C=N–C) groups is 1. The van der Waals surface area contributed by atoms with Gasteiger partial charge in [0.15, 0.2) is 5.96 Å². The third kappa shape index (κ3) is 4.38. The van der Waals surface area contributed by atoms with Crippen LogP contribution < -0.4 is 11.1 Å². The Morgan fingerprint density at radius 2 is 2.11 bits per heavy atom. The average Bonchev–Trinajstić information content (AvgIpc) is 2.86. The highest BCUT2D eigenvalue weighted by atomic mass is 127. The number of guanidine groups is 1. The summed E-state index contributed by atoms with van der Waals surface area (Å²) in [5.74, 6) is 0.572. The molecule has 0 saturated heterocycles. The van der Waals surface area contributed by atoms with E-state index in [-0.39, 0.29) is 24.0 Å². The van der Waals surface area contributed by atoms with Crippen molar-refractivity contribution in [3.63, 3.8) is 0 Å². The molecule has 1 aliphatic carbocycles. The SMILES string of the molecule is Cc1nc(C)c(CN=C(N)NC2CCCC2)s1.I. The van der Waals surface area contributed by atoms with E-state index in [9.17, 15) is 0 Å². The number of aryl methyl sites for hydroxylation is 2. The number of hydrogen-bond acceptors (Lipinski definition) is 3. The predicted molar refractivity (Wildman–Crippen MR) is 87.7 cm³/mol. The van der Waals surface area contributed by atoms with Crippen LogP contribution in [0.1, 0.15) is 41.3 Å². The standard InChI is InChI=1S/C12H20N4S.HI/c1-8-11(17-9(2)15-8)7-14-12(13)16-10-5-3-4-6-10;/h10H,3-7H2,1-2H3,(H3,13,14,16);1H. The van der Waals surface area contributed by atoms with Gasteiger partial charge in [-0.1, -0.05) is 12.8 Å². The Morgan fingerprint density at radius 1 is 1.44 bits per heavy atom. The second-order valence-electron chi connectivity index (χ2n) is 4.57. The van der Waals surface area contributed by atoms with Crippen LogP contribution in [0.4, 0.5) is 0 Å². The van der Waals surface area contributed by atoms with Gasteiger partial charge in [-0.15, -0.1) is 35.3 Å². The van der Waals surface area contributed by atoms with Crippen molar-refractivity contribution in [1.82, 2.24) is 10.3 Å². The lowest BCUT2D eigenvalue weighted by Crippen LogP contribution is -2.38. The summed E-state index contributed by atoms with van der Waals surface area (Å²) >= 11 is 1.70. The fraction of sp³-hybridized carbons (Fsp3) is 0.667. The zero-order valence-electron chi connectivity index (χ0n) is 10.9. The fourth-order valence-corrected chi connectivity index (χ4v) is 3.06. The van der Waals surface area contributed by atoms with Crippen LogP contribution in [0.15, 0.2) is 4.99 Å². The van der Waals surface area contributed by atoms with Crippen molar-refractivity contribution in [1.29, 1.82) is 0 Å². The van der Waals surface area contributed by atoms with E-state index in [2.05, 4.69) is 15.3 Å². The summed E-state index contributed by atoms with van der Waals surface area (Å²) in [4.78, 5) is 9.97. The van der Waals surface area contributed by atoms with Crippen molar-refractivity contribution in [2.75, 3.05) is 0 Å². The molecule has 0 aliphatic heterocycles. The summed E-state index contributed by atoms with van der Waals surface area (Å²) in [7, 11) is 0. The molecule has 4 nitrogen and oxygen atoms in total. The minimum absolute atomic E-state index is 0. The van der Waals surface area contributed by atoms with Gasteiger partial charge < -0.3 is 11.1 Å². The minimum atomic E-state index is 0. The molecule has 18 heavy (non-hydrogen) atoms. The minimum Gasteiger partial charge on any atom is -0.370 e. The molecular weight excluding hydrogens is 359 g/mol. The van der Waals surface area contributed by atoms with Gasteiger partial charge in [0.1, 0.15) is 0 Å². The molecule has 0 spiro atoms. The Labute approximate surface area is 129 Å². The van der Waals surface area contributed by atoms with E-state index in [4.69, 9.17) is 5.73 Å². The maximum Gasteiger partial charge on any atom is 0.189 e. The normalized spacial score (nSPS) is 16.7. The van der Waals surface area contributed by atoms with Crippen molar-refractivity contribution in [2.45, 2.75) is 52.1 Å². The molecule has 0 unspecified atom stereocenters. The molecular formula is C12H21IN4S. The second-order valence-corrected chi connectivity index (χ2v) is 5.86. The summed E-state index contributed by atoms with van der Waals surface area (Å²) in [5, 5.41) is 4.38. The lowest BCUT2D eigenvalue weighted by atomic mass is 10.2.